The van der Waals surface area contributed by atoms with Crippen molar-refractivity contribution in [1.29, 1.82) is 0 Å². The van der Waals surface area contributed by atoms with Gasteiger partial charge in [0, 0.05) is 0 Å². The number of halogens is 3. The lowest BCUT2D eigenvalue weighted by Gasteiger charge is -2.12. The second-order valence-corrected chi connectivity index (χ2v) is 5.75. The predicted molar refractivity (Wildman–Crippen MR) is 88.0 cm³/mol. The summed E-state index contributed by atoms with van der Waals surface area (Å²) in [5.74, 6) is -0.0305. The smallest absolute Gasteiger partial charge is 0.434 e. The third-order valence-corrected chi connectivity index (χ3v) is 3.97. The first-order valence-electron chi connectivity index (χ1n) is 7.09. The SMILES string of the molecule is O=C(Nc1ccccc1Oc1ccccc1)c1scnc1C(F)(F)F. The molecule has 0 spiro atoms. The molecule has 1 N–H and O–H groups in total. The van der Waals surface area contributed by atoms with Crippen LogP contribution in [0, 0.1) is 0 Å². The molecule has 0 saturated heterocycles. The first-order valence-corrected chi connectivity index (χ1v) is 7.97. The minimum atomic E-state index is -4.69. The molecule has 4 nitrogen and oxygen atoms in total. The van der Waals surface area contributed by atoms with Crippen molar-refractivity contribution >= 4 is 22.9 Å². The number of thiazole rings is 1. The maximum absolute atomic E-state index is 12.9. The van der Waals surface area contributed by atoms with Gasteiger partial charge in [0.15, 0.2) is 11.4 Å². The molecule has 0 aliphatic carbocycles. The quantitative estimate of drug-likeness (QED) is 0.692. The van der Waals surface area contributed by atoms with Gasteiger partial charge in [0.1, 0.15) is 10.6 Å². The largest absolute Gasteiger partial charge is 0.455 e. The highest BCUT2D eigenvalue weighted by Gasteiger charge is 2.38. The van der Waals surface area contributed by atoms with Gasteiger partial charge in [-0.15, -0.1) is 11.3 Å². The molecule has 25 heavy (non-hydrogen) atoms. The van der Waals surface area contributed by atoms with Crippen molar-refractivity contribution in [3.8, 4) is 11.5 Å². The molecule has 1 heterocycles. The lowest BCUT2D eigenvalue weighted by Crippen LogP contribution is -2.17. The van der Waals surface area contributed by atoms with Gasteiger partial charge in [0.05, 0.1) is 11.2 Å². The highest BCUT2D eigenvalue weighted by molar-refractivity contribution is 7.12. The zero-order valence-corrected chi connectivity index (χ0v) is 13.4. The Labute approximate surface area is 144 Å². The summed E-state index contributed by atoms with van der Waals surface area (Å²) >= 11 is 0.630. The number of para-hydroxylation sites is 3. The first kappa shape index (κ1) is 17.0. The summed E-state index contributed by atoms with van der Waals surface area (Å²) in [6.07, 6.45) is -4.69. The van der Waals surface area contributed by atoms with Crippen LogP contribution in [0.15, 0.2) is 60.1 Å². The molecular formula is C17H11F3N2O2S. The van der Waals surface area contributed by atoms with Crippen LogP contribution in [0.1, 0.15) is 15.4 Å². The Morgan fingerprint density at radius 2 is 1.72 bits per heavy atom. The normalized spacial score (nSPS) is 11.2. The fourth-order valence-electron chi connectivity index (χ4n) is 2.06. The number of amides is 1. The topological polar surface area (TPSA) is 51.2 Å². The Hall–Kier alpha value is -2.87. The van der Waals surface area contributed by atoms with Gasteiger partial charge in [-0.1, -0.05) is 30.3 Å². The van der Waals surface area contributed by atoms with Crippen LogP contribution in [0.2, 0.25) is 0 Å². The number of rotatable bonds is 4. The van der Waals surface area contributed by atoms with E-state index in [9.17, 15) is 18.0 Å². The van der Waals surface area contributed by atoms with Crippen molar-refractivity contribution < 1.29 is 22.7 Å². The lowest BCUT2D eigenvalue weighted by atomic mass is 10.2. The standard InChI is InChI=1S/C17H11F3N2O2S/c18-17(19,20)15-14(25-10-21-15)16(23)22-12-8-4-5-9-13(12)24-11-6-2-1-3-7-11/h1-10H,(H,22,23). The lowest BCUT2D eigenvalue weighted by molar-refractivity contribution is -0.141. The van der Waals surface area contributed by atoms with E-state index in [1.54, 1.807) is 48.5 Å². The zero-order valence-electron chi connectivity index (χ0n) is 12.6. The number of hydrogen-bond acceptors (Lipinski definition) is 4. The van der Waals surface area contributed by atoms with Crippen molar-refractivity contribution in [1.82, 2.24) is 4.98 Å². The van der Waals surface area contributed by atoms with Crippen molar-refractivity contribution in [3.63, 3.8) is 0 Å². The van der Waals surface area contributed by atoms with Crippen LogP contribution in [0.5, 0.6) is 11.5 Å². The summed E-state index contributed by atoms with van der Waals surface area (Å²) in [4.78, 5) is 15.0. The summed E-state index contributed by atoms with van der Waals surface area (Å²) < 4.78 is 44.3. The molecule has 128 valence electrons. The van der Waals surface area contributed by atoms with E-state index in [0.29, 0.717) is 22.8 Å². The molecule has 0 aliphatic rings. The van der Waals surface area contributed by atoms with Crippen LogP contribution in [-0.2, 0) is 6.18 Å². The maximum atomic E-state index is 12.9. The minimum Gasteiger partial charge on any atom is -0.455 e. The molecule has 3 aromatic rings. The predicted octanol–water partition coefficient (Wildman–Crippen LogP) is 5.21. The van der Waals surface area contributed by atoms with E-state index in [1.165, 1.54) is 0 Å². The molecule has 0 fully saturated rings. The van der Waals surface area contributed by atoms with Gasteiger partial charge in [-0.05, 0) is 24.3 Å². The van der Waals surface area contributed by atoms with Gasteiger partial charge < -0.3 is 10.1 Å². The number of nitrogens with zero attached hydrogens (tertiary/aromatic N) is 1. The number of carbonyl (C=O) groups excluding carboxylic acids is 1. The van der Waals surface area contributed by atoms with Gasteiger partial charge in [-0.25, -0.2) is 4.98 Å². The molecule has 0 atom stereocenters. The molecule has 0 bridgehead atoms. The van der Waals surface area contributed by atoms with Crippen LogP contribution in [0.25, 0.3) is 0 Å². The van der Waals surface area contributed by atoms with E-state index < -0.39 is 22.7 Å². The Balaban J connectivity index is 1.84. The number of anilines is 1. The molecule has 1 aromatic heterocycles. The van der Waals surface area contributed by atoms with E-state index in [-0.39, 0.29) is 5.69 Å². The van der Waals surface area contributed by atoms with Gasteiger partial charge in [-0.3, -0.25) is 4.79 Å². The van der Waals surface area contributed by atoms with Crippen molar-refractivity contribution in [2.24, 2.45) is 0 Å². The number of benzene rings is 2. The summed E-state index contributed by atoms with van der Waals surface area (Å²) in [6, 6.07) is 15.3. The van der Waals surface area contributed by atoms with Gasteiger partial charge >= 0.3 is 6.18 Å². The summed E-state index contributed by atoms with van der Waals surface area (Å²) in [7, 11) is 0. The fourth-order valence-corrected chi connectivity index (χ4v) is 2.76. The van der Waals surface area contributed by atoms with Crippen molar-refractivity contribution in [2.45, 2.75) is 6.18 Å². The van der Waals surface area contributed by atoms with Crippen LogP contribution in [-0.4, -0.2) is 10.9 Å². The van der Waals surface area contributed by atoms with E-state index in [0.717, 1.165) is 5.51 Å². The molecule has 8 heteroatoms. The average molecular weight is 364 g/mol. The molecule has 0 radical (unpaired) electrons. The fraction of sp³-hybridized carbons (Fsp3) is 0.0588. The number of nitrogens with one attached hydrogen (secondary N) is 1. The highest BCUT2D eigenvalue weighted by Crippen LogP contribution is 2.34. The number of carbonyl (C=O) groups is 1. The van der Waals surface area contributed by atoms with Gasteiger partial charge in [-0.2, -0.15) is 13.2 Å². The van der Waals surface area contributed by atoms with Crippen molar-refractivity contribution in [2.75, 3.05) is 5.32 Å². The maximum Gasteiger partial charge on any atom is 0.434 e. The molecule has 0 saturated carbocycles. The highest BCUT2D eigenvalue weighted by atomic mass is 32.1. The van der Waals surface area contributed by atoms with E-state index in [1.807, 2.05) is 6.07 Å². The number of ether oxygens (including phenoxy) is 1. The van der Waals surface area contributed by atoms with Crippen LogP contribution < -0.4 is 10.1 Å². The summed E-state index contributed by atoms with van der Waals surface area (Å²) in [5.41, 5.74) is 0.0544. The minimum absolute atomic E-state index is 0.262. The molecule has 0 unspecified atom stereocenters. The Bertz CT molecular complexity index is 879. The molecular weight excluding hydrogens is 353 g/mol. The second kappa shape index (κ2) is 6.94. The van der Waals surface area contributed by atoms with Crippen LogP contribution >= 0.6 is 11.3 Å². The van der Waals surface area contributed by atoms with E-state index >= 15 is 0 Å². The number of hydrogen-bond donors (Lipinski definition) is 1. The monoisotopic (exact) mass is 364 g/mol. The average Bonchev–Trinajstić information content (AvgIpc) is 3.08. The Morgan fingerprint density at radius 3 is 2.44 bits per heavy atom. The van der Waals surface area contributed by atoms with Crippen LogP contribution in [0.4, 0.5) is 18.9 Å². The molecule has 1 amide bonds. The van der Waals surface area contributed by atoms with Gasteiger partial charge in [0.25, 0.3) is 5.91 Å². The van der Waals surface area contributed by atoms with E-state index in [2.05, 4.69) is 10.3 Å². The Morgan fingerprint density at radius 1 is 1.04 bits per heavy atom. The first-order chi connectivity index (χ1) is 11.9. The zero-order chi connectivity index (χ0) is 17.9. The van der Waals surface area contributed by atoms with Gasteiger partial charge in [0.2, 0.25) is 0 Å². The molecule has 2 aromatic carbocycles. The summed E-state index contributed by atoms with van der Waals surface area (Å²) in [6.45, 7) is 0. The third-order valence-electron chi connectivity index (χ3n) is 3.15. The third kappa shape index (κ3) is 3.97. The molecule has 0 aliphatic heterocycles. The van der Waals surface area contributed by atoms with E-state index in [4.69, 9.17) is 4.74 Å². The van der Waals surface area contributed by atoms with Crippen molar-refractivity contribution in [3.05, 3.63) is 70.7 Å². The molecule has 3 rings (SSSR count). The number of aromatic nitrogens is 1. The van der Waals surface area contributed by atoms with Crippen LogP contribution in [0.3, 0.4) is 0 Å². The second-order valence-electron chi connectivity index (χ2n) is 4.89. The Kier molecular flexibility index (Phi) is 4.71. The summed E-state index contributed by atoms with van der Waals surface area (Å²) in [5, 5.41) is 2.45. The number of alkyl halides is 3.